The molecule has 3 fully saturated rings. The van der Waals surface area contributed by atoms with Gasteiger partial charge in [0, 0.05) is 25.0 Å². The predicted octanol–water partition coefficient (Wildman–Crippen LogP) is 4.24. The maximum absolute atomic E-state index is 13.1. The molecule has 164 valence electrons. The van der Waals surface area contributed by atoms with Gasteiger partial charge in [-0.25, -0.2) is 0 Å². The molecule has 1 saturated heterocycles. The van der Waals surface area contributed by atoms with Crippen LogP contribution in [0.25, 0.3) is 0 Å². The molecule has 1 aromatic rings. The highest BCUT2D eigenvalue weighted by molar-refractivity contribution is 5.96. The Labute approximate surface area is 186 Å². The number of ether oxygens (including phenoxy) is 1. The maximum Gasteiger partial charge on any atom is 0.227 e. The number of amides is 1. The molecule has 4 rings (SSSR count). The van der Waals surface area contributed by atoms with Gasteiger partial charge in [0.05, 0.1) is 23.6 Å². The summed E-state index contributed by atoms with van der Waals surface area (Å²) in [5, 5.41) is 3.25. The standard InChI is InChI=1S/C22H33N3O2.2ClH/c1-14-12-25(13-15(2)27-14)20-9-4-3-8-19(20)24-22(26)18-10-16-6-5-7-17(11-18)21(16)23;;/h3-4,8-9,14-18,21H,5-7,10-13,23H2,1-2H3,(H,24,26);2*1H. The molecule has 1 heterocycles. The van der Waals surface area contributed by atoms with Gasteiger partial charge >= 0.3 is 0 Å². The van der Waals surface area contributed by atoms with Crippen molar-refractivity contribution in [2.75, 3.05) is 23.3 Å². The Bertz CT molecular complexity index is 666. The number of halogens is 2. The first-order chi connectivity index (χ1) is 13.0. The van der Waals surface area contributed by atoms with E-state index in [1.165, 1.54) is 19.3 Å². The summed E-state index contributed by atoms with van der Waals surface area (Å²) >= 11 is 0. The minimum absolute atomic E-state index is 0. The van der Waals surface area contributed by atoms with Gasteiger partial charge in [0.2, 0.25) is 5.91 Å². The lowest BCUT2D eigenvalue weighted by Crippen LogP contribution is -2.48. The van der Waals surface area contributed by atoms with Crippen LogP contribution in [0.3, 0.4) is 0 Å². The van der Waals surface area contributed by atoms with Crippen molar-refractivity contribution in [1.82, 2.24) is 0 Å². The van der Waals surface area contributed by atoms with E-state index >= 15 is 0 Å². The van der Waals surface area contributed by atoms with Gasteiger partial charge in [-0.1, -0.05) is 18.6 Å². The normalized spacial score (nSPS) is 33.8. The van der Waals surface area contributed by atoms with Crippen molar-refractivity contribution >= 4 is 42.1 Å². The zero-order chi connectivity index (χ0) is 19.0. The first-order valence-corrected chi connectivity index (χ1v) is 10.6. The van der Waals surface area contributed by atoms with E-state index in [2.05, 4.69) is 30.1 Å². The molecule has 1 aliphatic heterocycles. The van der Waals surface area contributed by atoms with Gasteiger partial charge in [-0.3, -0.25) is 4.79 Å². The lowest BCUT2D eigenvalue weighted by atomic mass is 9.65. The number of anilines is 2. The molecule has 5 nitrogen and oxygen atoms in total. The molecule has 2 bridgehead atoms. The highest BCUT2D eigenvalue weighted by Crippen LogP contribution is 2.42. The van der Waals surface area contributed by atoms with Crippen LogP contribution in [0.1, 0.15) is 46.0 Å². The maximum atomic E-state index is 13.1. The van der Waals surface area contributed by atoms with E-state index in [9.17, 15) is 4.79 Å². The van der Waals surface area contributed by atoms with Gasteiger partial charge < -0.3 is 20.7 Å². The molecule has 4 atom stereocenters. The third-order valence-electron chi connectivity index (χ3n) is 6.71. The molecule has 3 N–H and O–H groups in total. The van der Waals surface area contributed by atoms with Gasteiger partial charge in [-0.15, -0.1) is 24.8 Å². The number of rotatable bonds is 3. The highest BCUT2D eigenvalue weighted by atomic mass is 35.5. The number of hydrogen-bond donors (Lipinski definition) is 2. The Balaban J connectivity index is 0.00000150. The van der Waals surface area contributed by atoms with Crippen LogP contribution in [0.15, 0.2) is 24.3 Å². The van der Waals surface area contributed by atoms with E-state index in [-0.39, 0.29) is 48.8 Å². The molecule has 7 heteroatoms. The quantitative estimate of drug-likeness (QED) is 0.732. The third-order valence-corrected chi connectivity index (χ3v) is 6.71. The van der Waals surface area contributed by atoms with Gasteiger partial charge in [0.25, 0.3) is 0 Å². The van der Waals surface area contributed by atoms with Crippen LogP contribution in [0.4, 0.5) is 11.4 Å². The van der Waals surface area contributed by atoms with Crippen LogP contribution in [0, 0.1) is 17.8 Å². The van der Waals surface area contributed by atoms with Gasteiger partial charge in [-0.2, -0.15) is 0 Å². The zero-order valence-electron chi connectivity index (χ0n) is 17.4. The Morgan fingerprint density at radius 2 is 1.66 bits per heavy atom. The summed E-state index contributed by atoms with van der Waals surface area (Å²) in [4.78, 5) is 15.4. The summed E-state index contributed by atoms with van der Waals surface area (Å²) in [6.45, 7) is 5.90. The largest absolute Gasteiger partial charge is 0.372 e. The second-order valence-electron chi connectivity index (χ2n) is 8.87. The van der Waals surface area contributed by atoms with Crippen molar-refractivity contribution in [3.8, 4) is 0 Å². The number of nitrogens with two attached hydrogens (primary N) is 1. The number of para-hydroxylation sites is 2. The number of fused-ring (bicyclic) bond motifs is 2. The molecular formula is C22H35Cl2N3O2. The first kappa shape index (κ1) is 24.3. The topological polar surface area (TPSA) is 67.6 Å². The van der Waals surface area contributed by atoms with Crippen molar-refractivity contribution in [3.63, 3.8) is 0 Å². The Kier molecular flexibility index (Phi) is 8.65. The van der Waals surface area contributed by atoms with E-state index in [0.717, 1.165) is 37.3 Å². The SMILES string of the molecule is CC1CN(c2ccccc2NC(=O)C2CC3CCCC(C2)C3N)CC(C)O1.Cl.Cl. The summed E-state index contributed by atoms with van der Waals surface area (Å²) in [5.74, 6) is 1.30. The van der Waals surface area contributed by atoms with Crippen molar-refractivity contribution in [1.29, 1.82) is 0 Å². The van der Waals surface area contributed by atoms with E-state index in [1.807, 2.05) is 18.2 Å². The molecule has 2 saturated carbocycles. The number of hydrogen-bond acceptors (Lipinski definition) is 4. The fourth-order valence-corrected chi connectivity index (χ4v) is 5.47. The first-order valence-electron chi connectivity index (χ1n) is 10.6. The molecule has 0 aromatic heterocycles. The lowest BCUT2D eigenvalue weighted by Gasteiger charge is -2.43. The Hall–Kier alpha value is -1.01. The second kappa shape index (κ2) is 10.3. The van der Waals surface area contributed by atoms with Gasteiger partial charge in [0.15, 0.2) is 0 Å². The van der Waals surface area contributed by atoms with Crippen LogP contribution < -0.4 is 16.0 Å². The highest BCUT2D eigenvalue weighted by Gasteiger charge is 2.40. The van der Waals surface area contributed by atoms with Crippen LogP contribution in [-0.4, -0.2) is 37.2 Å². The molecule has 0 spiro atoms. The molecule has 1 aromatic carbocycles. The lowest BCUT2D eigenvalue weighted by molar-refractivity contribution is -0.122. The summed E-state index contributed by atoms with van der Waals surface area (Å²) in [6.07, 6.45) is 5.90. The molecule has 0 radical (unpaired) electrons. The average Bonchev–Trinajstić information content (AvgIpc) is 2.61. The minimum Gasteiger partial charge on any atom is -0.372 e. The van der Waals surface area contributed by atoms with E-state index in [1.54, 1.807) is 0 Å². The fourth-order valence-electron chi connectivity index (χ4n) is 5.47. The summed E-state index contributed by atoms with van der Waals surface area (Å²) in [5.41, 5.74) is 8.41. The summed E-state index contributed by atoms with van der Waals surface area (Å²) in [6, 6.07) is 8.46. The summed E-state index contributed by atoms with van der Waals surface area (Å²) in [7, 11) is 0. The molecule has 3 aliphatic rings. The van der Waals surface area contributed by atoms with Crippen LogP contribution >= 0.6 is 24.8 Å². The van der Waals surface area contributed by atoms with Crippen molar-refractivity contribution < 1.29 is 9.53 Å². The van der Waals surface area contributed by atoms with Crippen molar-refractivity contribution in [2.24, 2.45) is 23.5 Å². The smallest absolute Gasteiger partial charge is 0.227 e. The number of carbonyl (C=O) groups excluding carboxylic acids is 1. The van der Waals surface area contributed by atoms with Crippen LogP contribution in [-0.2, 0) is 9.53 Å². The average molecular weight is 444 g/mol. The summed E-state index contributed by atoms with van der Waals surface area (Å²) < 4.78 is 5.87. The number of nitrogens with zero attached hydrogens (tertiary/aromatic N) is 1. The minimum atomic E-state index is 0. The van der Waals surface area contributed by atoms with E-state index in [4.69, 9.17) is 10.5 Å². The van der Waals surface area contributed by atoms with E-state index in [0.29, 0.717) is 17.9 Å². The van der Waals surface area contributed by atoms with Crippen LogP contribution in [0.2, 0.25) is 0 Å². The number of morpholine rings is 1. The molecule has 2 aliphatic carbocycles. The molecule has 29 heavy (non-hydrogen) atoms. The van der Waals surface area contributed by atoms with Gasteiger partial charge in [0.1, 0.15) is 0 Å². The Morgan fingerprint density at radius 3 is 2.28 bits per heavy atom. The van der Waals surface area contributed by atoms with Gasteiger partial charge in [-0.05, 0) is 63.5 Å². The van der Waals surface area contributed by atoms with Crippen molar-refractivity contribution in [2.45, 2.75) is 64.2 Å². The number of benzene rings is 1. The van der Waals surface area contributed by atoms with Crippen molar-refractivity contribution in [3.05, 3.63) is 24.3 Å². The zero-order valence-corrected chi connectivity index (χ0v) is 19.0. The molecule has 1 amide bonds. The fraction of sp³-hybridized carbons (Fsp3) is 0.682. The van der Waals surface area contributed by atoms with Crippen LogP contribution in [0.5, 0.6) is 0 Å². The number of nitrogens with one attached hydrogen (secondary N) is 1. The predicted molar refractivity (Wildman–Crippen MR) is 123 cm³/mol. The molecular weight excluding hydrogens is 409 g/mol. The Morgan fingerprint density at radius 1 is 1.07 bits per heavy atom. The number of carbonyl (C=O) groups is 1. The third kappa shape index (κ3) is 5.38. The van der Waals surface area contributed by atoms with E-state index < -0.39 is 0 Å². The molecule has 4 unspecified atom stereocenters. The second-order valence-corrected chi connectivity index (χ2v) is 8.87. The monoisotopic (exact) mass is 443 g/mol.